The number of rotatable bonds is 8. The Labute approximate surface area is 245 Å². The molecule has 0 aliphatic carbocycles. The number of carbonyl (C=O) groups is 4. The first-order valence-corrected chi connectivity index (χ1v) is 12.3. The van der Waals surface area contributed by atoms with Gasteiger partial charge in [-0.05, 0) is 73.5 Å². The van der Waals surface area contributed by atoms with Crippen LogP contribution >= 0.6 is 0 Å². The van der Waals surface area contributed by atoms with Crippen molar-refractivity contribution in [2.45, 2.75) is 26.2 Å². The summed E-state index contributed by atoms with van der Waals surface area (Å²) in [5.74, 6) is -5.45. The van der Waals surface area contributed by atoms with E-state index in [1.54, 1.807) is 24.5 Å². The predicted molar refractivity (Wildman–Crippen MR) is 148 cm³/mol. The maximum Gasteiger partial charge on any atom is 0.471 e. The average Bonchev–Trinajstić information content (AvgIpc) is 2.98. The molecule has 0 saturated heterocycles. The van der Waals surface area contributed by atoms with E-state index in [2.05, 4.69) is 21.1 Å². The summed E-state index contributed by atoms with van der Waals surface area (Å²) < 4.78 is 74.3. The molecule has 0 saturated carbocycles. The van der Waals surface area contributed by atoms with Crippen LogP contribution in [0.1, 0.15) is 45.7 Å². The Kier molecular flexibility index (Phi) is 10.2. The molecule has 0 atom stereocenters. The molecule has 44 heavy (non-hydrogen) atoms. The van der Waals surface area contributed by atoms with Gasteiger partial charge in [-0.1, -0.05) is 24.3 Å². The van der Waals surface area contributed by atoms with Crippen LogP contribution in [0.3, 0.4) is 0 Å². The van der Waals surface area contributed by atoms with E-state index in [4.69, 9.17) is 0 Å². The van der Waals surface area contributed by atoms with Crippen molar-refractivity contribution in [2.75, 3.05) is 10.6 Å². The molecule has 0 heterocycles. The summed E-state index contributed by atoms with van der Waals surface area (Å²) in [4.78, 5) is 47.0. The van der Waals surface area contributed by atoms with Crippen molar-refractivity contribution < 1.29 is 45.5 Å². The number of nitrogens with zero attached hydrogens (tertiary/aromatic N) is 2. The third kappa shape index (κ3) is 9.23. The van der Waals surface area contributed by atoms with Crippen LogP contribution < -0.4 is 21.5 Å². The SMILES string of the molecule is CC(=NNC(=O)c1ccc(C(=O)NN=C(C)c2ccc(NC(=O)C(F)(F)F)cc2)cc1)c1ccc(NC(=O)C(F)(F)F)cc1. The molecular formula is C28H22F6N6O4. The van der Waals surface area contributed by atoms with E-state index in [-0.39, 0.29) is 22.5 Å². The van der Waals surface area contributed by atoms with Crippen molar-refractivity contribution in [1.29, 1.82) is 0 Å². The molecule has 16 heteroatoms. The standard InChI is InChI=1S/C28H22F6N6O4/c1-15(17-7-11-21(12-8-17)35-25(43)27(29,30)31)37-39-23(41)19-3-5-20(6-4-19)24(42)40-38-16(2)18-9-13-22(14-10-18)36-26(44)28(32,33)34/h3-14H,1-2H3,(H,35,43)(H,36,44)(H,39,41)(H,40,42). The molecular weight excluding hydrogens is 598 g/mol. The summed E-state index contributed by atoms with van der Waals surface area (Å²) in [5, 5.41) is 11.3. The van der Waals surface area contributed by atoms with E-state index in [0.717, 1.165) is 0 Å². The van der Waals surface area contributed by atoms with E-state index in [0.29, 0.717) is 22.6 Å². The zero-order chi connectivity index (χ0) is 32.7. The number of amides is 4. The van der Waals surface area contributed by atoms with E-state index in [9.17, 15) is 45.5 Å². The highest BCUT2D eigenvalue weighted by molar-refractivity contribution is 6.03. The fourth-order valence-electron chi connectivity index (χ4n) is 3.29. The highest BCUT2D eigenvalue weighted by atomic mass is 19.4. The summed E-state index contributed by atoms with van der Waals surface area (Å²) in [6, 6.07) is 16.0. The lowest BCUT2D eigenvalue weighted by Gasteiger charge is -2.09. The zero-order valence-corrected chi connectivity index (χ0v) is 22.7. The Morgan fingerprint density at radius 1 is 0.500 bits per heavy atom. The summed E-state index contributed by atoms with van der Waals surface area (Å²) in [6.45, 7) is 3.08. The molecule has 3 aromatic carbocycles. The van der Waals surface area contributed by atoms with Crippen molar-refractivity contribution in [3.8, 4) is 0 Å². The molecule has 3 aromatic rings. The van der Waals surface area contributed by atoms with Gasteiger partial charge in [-0.2, -0.15) is 36.5 Å². The maximum absolute atomic E-state index is 12.5. The summed E-state index contributed by atoms with van der Waals surface area (Å²) in [6.07, 6.45) is -10.1. The first-order valence-electron chi connectivity index (χ1n) is 12.3. The van der Waals surface area contributed by atoms with Crippen molar-refractivity contribution in [1.82, 2.24) is 10.9 Å². The lowest BCUT2D eigenvalue weighted by Crippen LogP contribution is -2.29. The van der Waals surface area contributed by atoms with Crippen molar-refractivity contribution in [3.63, 3.8) is 0 Å². The number of halogens is 6. The van der Waals surface area contributed by atoms with Crippen LogP contribution in [-0.2, 0) is 9.59 Å². The second-order valence-corrected chi connectivity index (χ2v) is 8.91. The Balaban J connectivity index is 1.54. The van der Waals surface area contributed by atoms with Gasteiger partial charge >= 0.3 is 24.2 Å². The number of hydrogen-bond donors (Lipinski definition) is 4. The summed E-state index contributed by atoms with van der Waals surface area (Å²) in [5.41, 5.74) is 6.35. The van der Waals surface area contributed by atoms with Crippen molar-refractivity contribution in [2.24, 2.45) is 10.2 Å². The van der Waals surface area contributed by atoms with Gasteiger partial charge < -0.3 is 10.6 Å². The van der Waals surface area contributed by atoms with E-state index < -0.39 is 36.0 Å². The number of benzene rings is 3. The minimum absolute atomic E-state index is 0.0776. The molecule has 0 spiro atoms. The van der Waals surface area contributed by atoms with Gasteiger partial charge in [0.25, 0.3) is 11.8 Å². The van der Waals surface area contributed by atoms with Gasteiger partial charge in [0.15, 0.2) is 0 Å². The Bertz CT molecular complexity index is 1480. The molecule has 0 aliphatic heterocycles. The van der Waals surface area contributed by atoms with Crippen molar-refractivity contribution >= 4 is 46.4 Å². The number of alkyl halides is 6. The maximum atomic E-state index is 12.5. The topological polar surface area (TPSA) is 141 Å². The highest BCUT2D eigenvalue weighted by Gasteiger charge is 2.39. The second kappa shape index (κ2) is 13.6. The Morgan fingerprint density at radius 2 is 0.773 bits per heavy atom. The Morgan fingerprint density at radius 3 is 1.05 bits per heavy atom. The van der Waals surface area contributed by atoms with Gasteiger partial charge in [-0.25, -0.2) is 10.9 Å². The average molecular weight is 621 g/mol. The summed E-state index contributed by atoms with van der Waals surface area (Å²) >= 11 is 0. The molecule has 10 nitrogen and oxygen atoms in total. The van der Waals surface area contributed by atoms with Gasteiger partial charge in [-0.15, -0.1) is 0 Å². The molecule has 230 valence electrons. The second-order valence-electron chi connectivity index (χ2n) is 8.91. The van der Waals surface area contributed by atoms with Crippen LogP contribution in [-0.4, -0.2) is 47.4 Å². The third-order valence-electron chi connectivity index (χ3n) is 5.70. The third-order valence-corrected chi connectivity index (χ3v) is 5.70. The molecule has 4 amide bonds. The first kappa shape index (κ1) is 33.0. The van der Waals surface area contributed by atoms with E-state index in [1.807, 2.05) is 0 Å². The van der Waals surface area contributed by atoms with Crippen molar-refractivity contribution in [3.05, 3.63) is 95.1 Å². The molecule has 0 bridgehead atoms. The smallest absolute Gasteiger partial charge is 0.318 e. The monoisotopic (exact) mass is 620 g/mol. The number of nitrogens with one attached hydrogen (secondary N) is 4. The Hall–Kier alpha value is -5.54. The number of carbonyl (C=O) groups excluding carboxylic acids is 4. The zero-order valence-electron chi connectivity index (χ0n) is 22.7. The van der Waals surface area contributed by atoms with Crippen LogP contribution in [0.15, 0.2) is 83.0 Å². The van der Waals surface area contributed by atoms with Gasteiger partial charge in [0.1, 0.15) is 0 Å². The van der Waals surface area contributed by atoms with Crippen LogP contribution in [0.2, 0.25) is 0 Å². The lowest BCUT2D eigenvalue weighted by molar-refractivity contribution is -0.167. The number of anilines is 2. The van der Waals surface area contributed by atoms with Crippen LogP contribution in [0.25, 0.3) is 0 Å². The molecule has 0 aromatic heterocycles. The van der Waals surface area contributed by atoms with E-state index in [1.165, 1.54) is 72.8 Å². The first-order chi connectivity index (χ1) is 20.5. The molecule has 4 N–H and O–H groups in total. The minimum atomic E-state index is -5.03. The molecule has 0 unspecified atom stereocenters. The number of hydrazone groups is 2. The van der Waals surface area contributed by atoms with Gasteiger partial charge in [0, 0.05) is 22.5 Å². The lowest BCUT2D eigenvalue weighted by atomic mass is 10.1. The highest BCUT2D eigenvalue weighted by Crippen LogP contribution is 2.20. The normalized spacial score (nSPS) is 12.3. The van der Waals surface area contributed by atoms with Gasteiger partial charge in [-0.3, -0.25) is 19.2 Å². The fraction of sp³-hybridized carbons (Fsp3) is 0.143. The van der Waals surface area contributed by atoms with E-state index >= 15 is 0 Å². The molecule has 0 radical (unpaired) electrons. The largest absolute Gasteiger partial charge is 0.471 e. The van der Waals surface area contributed by atoms with Crippen LogP contribution in [0, 0.1) is 0 Å². The number of hydrogen-bond acceptors (Lipinski definition) is 6. The van der Waals surface area contributed by atoms with Gasteiger partial charge in [0.2, 0.25) is 0 Å². The molecule has 0 fully saturated rings. The fourth-order valence-corrected chi connectivity index (χ4v) is 3.29. The quantitative estimate of drug-likeness (QED) is 0.160. The summed E-state index contributed by atoms with van der Waals surface area (Å²) in [7, 11) is 0. The van der Waals surface area contributed by atoms with Crippen LogP contribution in [0.5, 0.6) is 0 Å². The molecule has 3 rings (SSSR count). The van der Waals surface area contributed by atoms with Crippen LogP contribution in [0.4, 0.5) is 37.7 Å². The predicted octanol–water partition coefficient (Wildman–Crippen LogP) is 5.00. The molecule has 0 aliphatic rings. The van der Waals surface area contributed by atoms with Gasteiger partial charge in [0.05, 0.1) is 11.4 Å². The minimum Gasteiger partial charge on any atom is -0.318 e.